The first-order valence-electron chi connectivity index (χ1n) is 4.38. The van der Waals surface area contributed by atoms with Crippen LogP contribution in [0.2, 0.25) is 0 Å². The molecule has 0 spiro atoms. The summed E-state index contributed by atoms with van der Waals surface area (Å²) in [6.45, 7) is 6.03. The molecule has 2 nitrogen and oxygen atoms in total. The standard InChI is InChI=1S/C11H11Br2NO/c1-7-3-4-10(13)9(5-7)11(15)14-6-8(2)12/h3-5H,2,6H2,1H3,(H,14,15). The van der Waals surface area contributed by atoms with Crippen molar-refractivity contribution in [3.8, 4) is 0 Å². The third kappa shape index (κ3) is 3.80. The molecule has 0 aliphatic heterocycles. The highest BCUT2D eigenvalue weighted by Crippen LogP contribution is 2.18. The molecule has 0 atom stereocenters. The van der Waals surface area contributed by atoms with Crippen LogP contribution in [0.25, 0.3) is 0 Å². The summed E-state index contributed by atoms with van der Waals surface area (Å²) in [6, 6.07) is 5.66. The average molecular weight is 333 g/mol. The Balaban J connectivity index is 2.81. The van der Waals surface area contributed by atoms with Crippen LogP contribution in [0.5, 0.6) is 0 Å². The van der Waals surface area contributed by atoms with Crippen LogP contribution in [-0.4, -0.2) is 12.5 Å². The Hall–Kier alpha value is -0.610. The Morgan fingerprint density at radius 2 is 2.20 bits per heavy atom. The highest BCUT2D eigenvalue weighted by Gasteiger charge is 2.09. The fourth-order valence-electron chi connectivity index (χ4n) is 1.08. The molecular formula is C11H11Br2NO. The first kappa shape index (κ1) is 12.5. The third-order valence-electron chi connectivity index (χ3n) is 1.81. The Bertz CT molecular complexity index is 402. The molecule has 1 amide bonds. The zero-order chi connectivity index (χ0) is 11.4. The van der Waals surface area contributed by atoms with Crippen molar-refractivity contribution in [3.05, 3.63) is 44.9 Å². The average Bonchev–Trinajstić information content (AvgIpc) is 2.18. The van der Waals surface area contributed by atoms with Gasteiger partial charge < -0.3 is 5.32 Å². The van der Waals surface area contributed by atoms with Crippen LogP contribution in [-0.2, 0) is 0 Å². The molecule has 1 aromatic rings. The van der Waals surface area contributed by atoms with Crippen LogP contribution < -0.4 is 5.32 Å². The molecule has 80 valence electrons. The van der Waals surface area contributed by atoms with E-state index in [0.29, 0.717) is 12.1 Å². The fourth-order valence-corrected chi connectivity index (χ4v) is 1.65. The number of amides is 1. The van der Waals surface area contributed by atoms with E-state index in [-0.39, 0.29) is 5.91 Å². The number of hydrogen-bond donors (Lipinski definition) is 1. The minimum absolute atomic E-state index is 0.105. The monoisotopic (exact) mass is 331 g/mol. The van der Waals surface area contributed by atoms with Crippen LogP contribution in [0.1, 0.15) is 15.9 Å². The first-order valence-corrected chi connectivity index (χ1v) is 5.97. The maximum atomic E-state index is 11.7. The minimum atomic E-state index is -0.105. The van der Waals surface area contributed by atoms with Gasteiger partial charge in [-0.1, -0.05) is 34.1 Å². The van der Waals surface area contributed by atoms with Crippen molar-refractivity contribution < 1.29 is 4.79 Å². The number of rotatable bonds is 3. The van der Waals surface area contributed by atoms with E-state index in [9.17, 15) is 4.79 Å². The van der Waals surface area contributed by atoms with Gasteiger partial charge in [-0.3, -0.25) is 4.79 Å². The van der Waals surface area contributed by atoms with Crippen molar-refractivity contribution in [3.63, 3.8) is 0 Å². The molecular weight excluding hydrogens is 322 g/mol. The lowest BCUT2D eigenvalue weighted by Crippen LogP contribution is -2.24. The van der Waals surface area contributed by atoms with Crippen LogP contribution in [0.15, 0.2) is 33.7 Å². The van der Waals surface area contributed by atoms with Gasteiger partial charge in [0.25, 0.3) is 5.91 Å². The fraction of sp³-hybridized carbons (Fsp3) is 0.182. The molecule has 0 saturated carbocycles. The van der Waals surface area contributed by atoms with E-state index in [2.05, 4.69) is 43.8 Å². The Morgan fingerprint density at radius 3 is 2.80 bits per heavy atom. The van der Waals surface area contributed by atoms with Gasteiger partial charge in [-0.25, -0.2) is 0 Å². The van der Waals surface area contributed by atoms with Crippen LogP contribution in [0, 0.1) is 6.92 Å². The molecule has 15 heavy (non-hydrogen) atoms. The van der Waals surface area contributed by atoms with Crippen LogP contribution in [0.4, 0.5) is 0 Å². The highest BCUT2D eigenvalue weighted by atomic mass is 79.9. The largest absolute Gasteiger partial charge is 0.347 e. The molecule has 0 aliphatic carbocycles. The molecule has 0 heterocycles. The van der Waals surface area contributed by atoms with E-state index in [1.165, 1.54) is 0 Å². The first-order chi connectivity index (χ1) is 7.00. The van der Waals surface area contributed by atoms with Gasteiger partial charge in [0.05, 0.1) is 5.56 Å². The van der Waals surface area contributed by atoms with Crippen molar-refractivity contribution in [2.45, 2.75) is 6.92 Å². The van der Waals surface area contributed by atoms with E-state index >= 15 is 0 Å². The molecule has 0 saturated heterocycles. The number of benzene rings is 1. The number of halogens is 2. The molecule has 1 N–H and O–H groups in total. The van der Waals surface area contributed by atoms with E-state index in [4.69, 9.17) is 0 Å². The van der Waals surface area contributed by atoms with Crippen molar-refractivity contribution in [2.75, 3.05) is 6.54 Å². The molecule has 4 heteroatoms. The van der Waals surface area contributed by atoms with Gasteiger partial charge in [0.15, 0.2) is 0 Å². The Labute approximate surface area is 106 Å². The van der Waals surface area contributed by atoms with Crippen LogP contribution >= 0.6 is 31.9 Å². The predicted octanol–water partition coefficient (Wildman–Crippen LogP) is 3.40. The predicted molar refractivity (Wildman–Crippen MR) is 69.3 cm³/mol. The maximum absolute atomic E-state index is 11.7. The van der Waals surface area contributed by atoms with Crippen molar-refractivity contribution in [2.24, 2.45) is 0 Å². The Morgan fingerprint density at radius 1 is 1.53 bits per heavy atom. The summed E-state index contributed by atoms with van der Waals surface area (Å²) < 4.78 is 1.55. The van der Waals surface area contributed by atoms with E-state index in [1.54, 1.807) is 0 Å². The number of aryl methyl sites for hydroxylation is 1. The van der Waals surface area contributed by atoms with Crippen molar-refractivity contribution in [1.29, 1.82) is 0 Å². The van der Waals surface area contributed by atoms with Gasteiger partial charge >= 0.3 is 0 Å². The van der Waals surface area contributed by atoms with Gasteiger partial charge in [0.2, 0.25) is 0 Å². The quantitative estimate of drug-likeness (QED) is 0.903. The zero-order valence-electron chi connectivity index (χ0n) is 8.31. The minimum Gasteiger partial charge on any atom is -0.347 e. The molecule has 1 rings (SSSR count). The number of carbonyl (C=O) groups is 1. The summed E-state index contributed by atoms with van der Waals surface area (Å²) in [5.41, 5.74) is 1.70. The zero-order valence-corrected chi connectivity index (χ0v) is 11.5. The third-order valence-corrected chi connectivity index (χ3v) is 2.78. The van der Waals surface area contributed by atoms with Gasteiger partial charge in [-0.2, -0.15) is 0 Å². The lowest BCUT2D eigenvalue weighted by atomic mass is 10.1. The smallest absolute Gasteiger partial charge is 0.252 e. The Kier molecular flexibility index (Phi) is 4.54. The molecule has 1 aromatic carbocycles. The summed E-state index contributed by atoms with van der Waals surface area (Å²) in [7, 11) is 0. The van der Waals surface area contributed by atoms with Gasteiger partial charge in [-0.15, -0.1) is 0 Å². The number of carbonyl (C=O) groups excluding carboxylic acids is 1. The summed E-state index contributed by atoms with van der Waals surface area (Å²) in [5, 5.41) is 2.75. The van der Waals surface area contributed by atoms with Crippen molar-refractivity contribution in [1.82, 2.24) is 5.32 Å². The van der Waals surface area contributed by atoms with E-state index in [1.807, 2.05) is 25.1 Å². The second kappa shape index (κ2) is 5.47. The van der Waals surface area contributed by atoms with Gasteiger partial charge in [-0.05, 0) is 35.0 Å². The summed E-state index contributed by atoms with van der Waals surface area (Å²) in [4.78, 5) is 11.7. The summed E-state index contributed by atoms with van der Waals surface area (Å²) in [5.74, 6) is -0.105. The van der Waals surface area contributed by atoms with Crippen molar-refractivity contribution >= 4 is 37.8 Å². The normalized spacial score (nSPS) is 9.80. The molecule has 0 aromatic heterocycles. The van der Waals surface area contributed by atoms with Gasteiger partial charge in [0.1, 0.15) is 0 Å². The molecule has 0 fully saturated rings. The van der Waals surface area contributed by atoms with Crippen LogP contribution in [0.3, 0.4) is 0 Å². The second-order valence-electron chi connectivity index (χ2n) is 3.18. The summed E-state index contributed by atoms with van der Waals surface area (Å²) in [6.07, 6.45) is 0. The molecule has 0 bridgehead atoms. The topological polar surface area (TPSA) is 29.1 Å². The van der Waals surface area contributed by atoms with E-state index < -0.39 is 0 Å². The molecule has 0 unspecified atom stereocenters. The lowest BCUT2D eigenvalue weighted by Gasteiger charge is -2.06. The van der Waals surface area contributed by atoms with Gasteiger partial charge in [0, 0.05) is 15.5 Å². The second-order valence-corrected chi connectivity index (χ2v) is 5.16. The number of hydrogen-bond acceptors (Lipinski definition) is 1. The highest BCUT2D eigenvalue weighted by molar-refractivity contribution is 9.11. The maximum Gasteiger partial charge on any atom is 0.252 e. The molecule has 0 aliphatic rings. The number of nitrogens with one attached hydrogen (secondary N) is 1. The summed E-state index contributed by atoms with van der Waals surface area (Å²) >= 11 is 6.53. The lowest BCUT2D eigenvalue weighted by molar-refractivity contribution is 0.0957. The van der Waals surface area contributed by atoms with E-state index in [0.717, 1.165) is 14.5 Å². The SMILES string of the molecule is C=C(Br)CNC(=O)c1cc(C)ccc1Br. The molecule has 0 radical (unpaired) electrons.